The van der Waals surface area contributed by atoms with Crippen LogP contribution in [0.15, 0.2) is 18.2 Å². The van der Waals surface area contributed by atoms with Gasteiger partial charge in [0.25, 0.3) is 5.91 Å². The molecule has 0 aliphatic carbocycles. The average Bonchev–Trinajstić information content (AvgIpc) is 2.98. The van der Waals surface area contributed by atoms with Crippen molar-refractivity contribution in [3.05, 3.63) is 34.9 Å². The van der Waals surface area contributed by atoms with Crippen LogP contribution in [-0.4, -0.2) is 70.4 Å². The Hall–Kier alpha value is -2.29. The largest absolute Gasteiger partial charge is 0.394 e. The van der Waals surface area contributed by atoms with Crippen LogP contribution >= 0.6 is 0 Å². The molecule has 1 aromatic carbocycles. The number of piperazine rings is 1. The van der Waals surface area contributed by atoms with Crippen LogP contribution < -0.4 is 10.6 Å². The van der Waals surface area contributed by atoms with Gasteiger partial charge in [0, 0.05) is 44.7 Å². The molecule has 3 aliphatic rings. The number of amides is 3. The molecule has 0 radical (unpaired) electrons. The van der Waals surface area contributed by atoms with Gasteiger partial charge < -0.3 is 15.3 Å². The zero-order valence-electron chi connectivity index (χ0n) is 16.0. The first-order valence-electron chi connectivity index (χ1n) is 9.73. The minimum Gasteiger partial charge on any atom is -0.394 e. The molecule has 2 atom stereocenters. The summed E-state index contributed by atoms with van der Waals surface area (Å²) in [5, 5.41) is 15.3. The monoisotopic (exact) mass is 386 g/mol. The lowest BCUT2D eigenvalue weighted by Crippen LogP contribution is -2.60. The van der Waals surface area contributed by atoms with Crippen LogP contribution in [0.25, 0.3) is 0 Å². The molecule has 2 unspecified atom stereocenters. The van der Waals surface area contributed by atoms with Crippen molar-refractivity contribution in [2.45, 2.75) is 44.4 Å². The van der Waals surface area contributed by atoms with E-state index in [0.29, 0.717) is 18.5 Å². The second-order valence-corrected chi connectivity index (χ2v) is 8.25. The van der Waals surface area contributed by atoms with Gasteiger partial charge in [-0.25, -0.2) is 0 Å². The van der Waals surface area contributed by atoms with Gasteiger partial charge in [0.15, 0.2) is 0 Å². The second kappa shape index (κ2) is 7.27. The van der Waals surface area contributed by atoms with Gasteiger partial charge in [-0.05, 0) is 30.5 Å². The van der Waals surface area contributed by atoms with E-state index in [1.807, 2.05) is 25.1 Å². The third-order valence-corrected chi connectivity index (χ3v) is 5.90. The first-order valence-corrected chi connectivity index (χ1v) is 9.73. The molecule has 0 aromatic heterocycles. The molecule has 150 valence electrons. The number of nitrogens with zero attached hydrogens (tertiary/aromatic N) is 2. The summed E-state index contributed by atoms with van der Waals surface area (Å²) >= 11 is 0. The topological polar surface area (TPSA) is 102 Å². The summed E-state index contributed by atoms with van der Waals surface area (Å²) in [4.78, 5) is 40.2. The predicted molar refractivity (Wildman–Crippen MR) is 101 cm³/mol. The number of fused-ring (bicyclic) bond motifs is 1. The van der Waals surface area contributed by atoms with Crippen LogP contribution in [0.4, 0.5) is 0 Å². The van der Waals surface area contributed by atoms with E-state index in [-0.39, 0.29) is 36.3 Å². The number of rotatable bonds is 4. The Morgan fingerprint density at radius 1 is 1.29 bits per heavy atom. The number of aliphatic hydroxyl groups is 1. The zero-order valence-corrected chi connectivity index (χ0v) is 16.0. The van der Waals surface area contributed by atoms with Gasteiger partial charge in [-0.15, -0.1) is 0 Å². The zero-order chi connectivity index (χ0) is 19.9. The highest BCUT2D eigenvalue weighted by molar-refractivity contribution is 6.05. The third kappa shape index (κ3) is 3.55. The standard InChI is InChI=1S/C20H26N4O4/c1-20(12-25)11-23(7-6-21-20)9-13-2-3-15-14(8-13)10-24(19(15)28)16-4-5-17(26)22-18(16)27/h2-3,8,16,21,25H,4-7,9-12H2,1H3,(H,22,26,27). The van der Waals surface area contributed by atoms with E-state index in [1.54, 1.807) is 4.90 Å². The molecule has 0 bridgehead atoms. The molecule has 2 saturated heterocycles. The van der Waals surface area contributed by atoms with E-state index in [1.165, 1.54) is 0 Å². The van der Waals surface area contributed by atoms with Crippen molar-refractivity contribution in [3.8, 4) is 0 Å². The molecule has 2 fully saturated rings. The van der Waals surface area contributed by atoms with Crippen molar-refractivity contribution >= 4 is 17.7 Å². The van der Waals surface area contributed by atoms with Gasteiger partial charge in [0.2, 0.25) is 11.8 Å². The molecule has 3 amide bonds. The fourth-order valence-corrected chi connectivity index (χ4v) is 4.37. The molecule has 8 nitrogen and oxygen atoms in total. The highest BCUT2D eigenvalue weighted by atomic mass is 16.3. The maximum atomic E-state index is 12.8. The minimum atomic E-state index is -0.584. The molecule has 0 spiro atoms. The van der Waals surface area contributed by atoms with E-state index >= 15 is 0 Å². The predicted octanol–water partition coefficient (Wildman–Crippen LogP) is -0.396. The van der Waals surface area contributed by atoms with E-state index in [0.717, 1.165) is 37.3 Å². The lowest BCUT2D eigenvalue weighted by Gasteiger charge is -2.40. The Morgan fingerprint density at radius 3 is 2.86 bits per heavy atom. The van der Waals surface area contributed by atoms with Crippen LogP contribution in [0.1, 0.15) is 41.3 Å². The normalized spacial score (nSPS) is 28.4. The smallest absolute Gasteiger partial charge is 0.255 e. The van der Waals surface area contributed by atoms with Crippen LogP contribution in [0.5, 0.6) is 0 Å². The SMILES string of the molecule is CC1(CO)CN(Cc2ccc3c(c2)CN(C2CCC(=O)NC2=O)C3=O)CCN1. The molecular weight excluding hydrogens is 360 g/mol. The van der Waals surface area contributed by atoms with Crippen LogP contribution in [-0.2, 0) is 22.7 Å². The third-order valence-electron chi connectivity index (χ3n) is 5.90. The van der Waals surface area contributed by atoms with Crippen molar-refractivity contribution in [1.29, 1.82) is 0 Å². The number of hydrogen-bond acceptors (Lipinski definition) is 6. The quantitative estimate of drug-likeness (QED) is 0.609. The van der Waals surface area contributed by atoms with Gasteiger partial charge in [0.1, 0.15) is 6.04 Å². The fraction of sp³-hybridized carbons (Fsp3) is 0.550. The minimum absolute atomic E-state index is 0.0864. The summed E-state index contributed by atoms with van der Waals surface area (Å²) in [5.41, 5.74) is 2.37. The number of carbonyl (C=O) groups is 3. The molecule has 3 aliphatic heterocycles. The number of benzene rings is 1. The lowest BCUT2D eigenvalue weighted by molar-refractivity contribution is -0.136. The van der Waals surface area contributed by atoms with Crippen molar-refractivity contribution in [3.63, 3.8) is 0 Å². The summed E-state index contributed by atoms with van der Waals surface area (Å²) < 4.78 is 0. The molecule has 8 heteroatoms. The molecule has 28 heavy (non-hydrogen) atoms. The van der Waals surface area contributed by atoms with Crippen molar-refractivity contribution in [2.75, 3.05) is 26.2 Å². The van der Waals surface area contributed by atoms with Crippen LogP contribution in [0, 0.1) is 0 Å². The van der Waals surface area contributed by atoms with Gasteiger partial charge in [-0.2, -0.15) is 0 Å². The highest BCUT2D eigenvalue weighted by Crippen LogP contribution is 2.28. The summed E-state index contributed by atoms with van der Waals surface area (Å²) in [6.07, 6.45) is 0.631. The molecule has 0 saturated carbocycles. The average molecular weight is 386 g/mol. The summed E-state index contributed by atoms with van der Waals surface area (Å²) in [7, 11) is 0. The first kappa shape index (κ1) is 19.0. The maximum Gasteiger partial charge on any atom is 0.255 e. The van der Waals surface area contributed by atoms with Gasteiger partial charge in [0.05, 0.1) is 12.1 Å². The number of carbonyl (C=O) groups excluding carboxylic acids is 3. The Morgan fingerprint density at radius 2 is 2.11 bits per heavy atom. The number of piperidine rings is 1. The maximum absolute atomic E-state index is 12.8. The van der Waals surface area contributed by atoms with Gasteiger partial charge >= 0.3 is 0 Å². The Kier molecular flexibility index (Phi) is 4.95. The van der Waals surface area contributed by atoms with Crippen molar-refractivity contribution in [2.24, 2.45) is 0 Å². The summed E-state index contributed by atoms with van der Waals surface area (Å²) in [6, 6.07) is 5.26. The molecule has 1 aromatic rings. The summed E-state index contributed by atoms with van der Waals surface area (Å²) in [6.45, 7) is 5.71. The fourth-order valence-electron chi connectivity index (χ4n) is 4.37. The number of hydrogen-bond donors (Lipinski definition) is 3. The van der Waals surface area contributed by atoms with E-state index < -0.39 is 6.04 Å². The summed E-state index contributed by atoms with van der Waals surface area (Å²) in [5.74, 6) is -0.814. The van der Waals surface area contributed by atoms with Crippen LogP contribution in [0.3, 0.4) is 0 Å². The second-order valence-electron chi connectivity index (χ2n) is 8.25. The van der Waals surface area contributed by atoms with Crippen molar-refractivity contribution < 1.29 is 19.5 Å². The lowest BCUT2D eigenvalue weighted by atomic mass is 9.99. The number of imide groups is 1. The molecule has 4 rings (SSSR count). The van der Waals surface area contributed by atoms with Crippen LogP contribution in [0.2, 0.25) is 0 Å². The Balaban J connectivity index is 1.47. The number of aliphatic hydroxyl groups excluding tert-OH is 1. The molecular formula is C20H26N4O4. The van der Waals surface area contributed by atoms with E-state index in [9.17, 15) is 19.5 Å². The molecule has 3 heterocycles. The molecule has 3 N–H and O–H groups in total. The van der Waals surface area contributed by atoms with Gasteiger partial charge in [-0.3, -0.25) is 24.6 Å². The van der Waals surface area contributed by atoms with Gasteiger partial charge in [-0.1, -0.05) is 12.1 Å². The Labute approximate surface area is 163 Å². The Bertz CT molecular complexity index is 826. The van der Waals surface area contributed by atoms with E-state index in [4.69, 9.17) is 0 Å². The van der Waals surface area contributed by atoms with Crippen molar-refractivity contribution in [1.82, 2.24) is 20.4 Å². The van der Waals surface area contributed by atoms with E-state index in [2.05, 4.69) is 15.5 Å². The number of nitrogens with one attached hydrogen (secondary N) is 2. The highest BCUT2D eigenvalue weighted by Gasteiger charge is 2.39. The first-order chi connectivity index (χ1) is 13.4.